The fraction of sp³-hybridized carbons (Fsp3) is 0.368. The van der Waals surface area contributed by atoms with Crippen molar-refractivity contribution in [3.63, 3.8) is 0 Å². The summed E-state index contributed by atoms with van der Waals surface area (Å²) in [4.78, 5) is 25.4. The average molecular weight is 342 g/mol. The molecule has 0 saturated heterocycles. The molecule has 1 aromatic heterocycles. The highest BCUT2D eigenvalue weighted by molar-refractivity contribution is 7.17. The van der Waals surface area contributed by atoms with E-state index in [-0.39, 0.29) is 12.3 Å². The van der Waals surface area contributed by atoms with Crippen LogP contribution in [0, 0.1) is 12.8 Å². The van der Waals surface area contributed by atoms with Crippen molar-refractivity contribution in [2.75, 3.05) is 5.32 Å². The largest absolute Gasteiger partial charge is 0.365 e. The van der Waals surface area contributed by atoms with Crippen molar-refractivity contribution < 1.29 is 9.59 Å². The molecular weight excluding hydrogens is 320 g/mol. The zero-order valence-electron chi connectivity index (χ0n) is 14.0. The van der Waals surface area contributed by atoms with Crippen LogP contribution in [0.15, 0.2) is 24.3 Å². The van der Waals surface area contributed by atoms with Crippen LogP contribution in [0.25, 0.3) is 0 Å². The number of aryl methyl sites for hydroxylation is 1. The molecule has 0 unspecified atom stereocenters. The van der Waals surface area contributed by atoms with E-state index in [1.54, 1.807) is 0 Å². The smallest absolute Gasteiger partial charge is 0.251 e. The number of carbonyl (C=O) groups excluding carboxylic acids is 2. The molecule has 1 heterocycles. The molecule has 0 spiro atoms. The summed E-state index contributed by atoms with van der Waals surface area (Å²) in [6.07, 6.45) is 3.16. The van der Waals surface area contributed by atoms with Gasteiger partial charge in [-0.2, -0.15) is 0 Å². The number of benzene rings is 1. The summed E-state index contributed by atoms with van der Waals surface area (Å²) in [5.74, 6) is 0.0358. The van der Waals surface area contributed by atoms with Crippen molar-refractivity contribution in [3.8, 4) is 0 Å². The van der Waals surface area contributed by atoms with Crippen LogP contribution < -0.4 is 11.1 Å². The molecule has 3 rings (SSSR count). The van der Waals surface area contributed by atoms with Crippen LogP contribution >= 0.6 is 11.3 Å². The Balaban J connectivity index is 1.80. The van der Waals surface area contributed by atoms with Crippen LogP contribution in [0.1, 0.15) is 45.3 Å². The molecule has 0 aliphatic heterocycles. The van der Waals surface area contributed by atoms with Crippen molar-refractivity contribution in [2.45, 2.75) is 39.5 Å². The molecule has 1 aromatic carbocycles. The number of anilines is 1. The minimum absolute atomic E-state index is 0.118. The van der Waals surface area contributed by atoms with Gasteiger partial charge in [-0.1, -0.05) is 36.8 Å². The van der Waals surface area contributed by atoms with Gasteiger partial charge in [0.2, 0.25) is 5.91 Å². The molecule has 3 N–H and O–H groups in total. The number of hydrogen-bond acceptors (Lipinski definition) is 3. The van der Waals surface area contributed by atoms with Gasteiger partial charge in [0.15, 0.2) is 0 Å². The molecule has 2 aromatic rings. The Morgan fingerprint density at radius 1 is 1.29 bits per heavy atom. The quantitative estimate of drug-likeness (QED) is 0.893. The number of primary amides is 1. The highest BCUT2D eigenvalue weighted by atomic mass is 32.1. The molecule has 126 valence electrons. The average Bonchev–Trinajstić information content (AvgIpc) is 2.86. The molecule has 0 radical (unpaired) electrons. The Morgan fingerprint density at radius 3 is 2.67 bits per heavy atom. The van der Waals surface area contributed by atoms with Gasteiger partial charge in [0.25, 0.3) is 5.91 Å². The van der Waals surface area contributed by atoms with Crippen LogP contribution in [-0.4, -0.2) is 11.8 Å². The number of carbonyl (C=O) groups is 2. The summed E-state index contributed by atoms with van der Waals surface area (Å²) >= 11 is 1.50. The first-order chi connectivity index (χ1) is 11.4. The Labute approximate surface area is 146 Å². The Hall–Kier alpha value is -2.14. The lowest BCUT2D eigenvalue weighted by Crippen LogP contribution is -2.20. The summed E-state index contributed by atoms with van der Waals surface area (Å²) in [6, 6.07) is 7.88. The van der Waals surface area contributed by atoms with Crippen molar-refractivity contribution in [1.82, 2.24) is 0 Å². The molecule has 4 nitrogen and oxygen atoms in total. The number of amides is 2. The summed E-state index contributed by atoms with van der Waals surface area (Å²) in [7, 11) is 0. The van der Waals surface area contributed by atoms with E-state index in [1.807, 2.05) is 31.2 Å². The van der Waals surface area contributed by atoms with Gasteiger partial charge in [0, 0.05) is 4.88 Å². The van der Waals surface area contributed by atoms with Gasteiger partial charge in [0.05, 0.1) is 12.0 Å². The molecule has 5 heteroatoms. The van der Waals surface area contributed by atoms with Crippen LogP contribution in [-0.2, 0) is 24.1 Å². The van der Waals surface area contributed by atoms with Crippen molar-refractivity contribution in [1.29, 1.82) is 0 Å². The maximum Gasteiger partial charge on any atom is 0.251 e. The SMILES string of the molecule is Cc1ccc(CC(=O)Nc2sc3c(c2C(N)=O)CC[C@@H](C)C3)cc1. The lowest BCUT2D eigenvalue weighted by atomic mass is 9.88. The normalized spacial score (nSPS) is 16.5. The van der Waals surface area contributed by atoms with Gasteiger partial charge in [-0.05, 0) is 43.2 Å². The molecule has 0 saturated carbocycles. The van der Waals surface area contributed by atoms with E-state index >= 15 is 0 Å². The summed E-state index contributed by atoms with van der Waals surface area (Å²) in [5, 5.41) is 3.52. The predicted molar refractivity (Wildman–Crippen MR) is 97.5 cm³/mol. The van der Waals surface area contributed by atoms with Crippen molar-refractivity contribution in [2.24, 2.45) is 11.7 Å². The maximum absolute atomic E-state index is 12.4. The van der Waals surface area contributed by atoms with Crippen molar-refractivity contribution in [3.05, 3.63) is 51.4 Å². The third kappa shape index (κ3) is 3.51. The Morgan fingerprint density at radius 2 is 2.00 bits per heavy atom. The van der Waals surface area contributed by atoms with Crippen molar-refractivity contribution >= 4 is 28.2 Å². The summed E-state index contributed by atoms with van der Waals surface area (Å²) in [6.45, 7) is 4.22. The van der Waals surface area contributed by atoms with Gasteiger partial charge in [-0.25, -0.2) is 0 Å². The molecule has 0 bridgehead atoms. The second kappa shape index (κ2) is 6.77. The van der Waals surface area contributed by atoms with E-state index in [4.69, 9.17) is 5.73 Å². The van der Waals surface area contributed by atoms with Gasteiger partial charge >= 0.3 is 0 Å². The highest BCUT2D eigenvalue weighted by Gasteiger charge is 2.27. The van der Waals surface area contributed by atoms with E-state index in [0.29, 0.717) is 16.5 Å². The second-order valence-electron chi connectivity index (χ2n) is 6.63. The monoisotopic (exact) mass is 342 g/mol. The van der Waals surface area contributed by atoms with Gasteiger partial charge in [-0.15, -0.1) is 11.3 Å². The Kier molecular flexibility index (Phi) is 4.71. The minimum atomic E-state index is -0.451. The Bertz CT molecular complexity index is 777. The van der Waals surface area contributed by atoms with Gasteiger partial charge in [0.1, 0.15) is 5.00 Å². The maximum atomic E-state index is 12.4. The zero-order valence-corrected chi connectivity index (χ0v) is 14.8. The molecular formula is C19H22N2O2S. The zero-order chi connectivity index (χ0) is 17.3. The first-order valence-corrected chi connectivity index (χ1v) is 9.05. The van der Waals surface area contributed by atoms with E-state index < -0.39 is 5.91 Å². The first kappa shape index (κ1) is 16.7. The number of hydrogen-bond donors (Lipinski definition) is 2. The van der Waals surface area contributed by atoms with E-state index in [2.05, 4.69) is 12.2 Å². The molecule has 2 amide bonds. The molecule has 24 heavy (non-hydrogen) atoms. The summed E-state index contributed by atoms with van der Waals surface area (Å²) < 4.78 is 0. The van der Waals surface area contributed by atoms with Gasteiger partial charge < -0.3 is 11.1 Å². The fourth-order valence-corrected chi connectivity index (χ4v) is 4.59. The number of nitrogens with two attached hydrogens (primary N) is 1. The minimum Gasteiger partial charge on any atom is -0.365 e. The van der Waals surface area contributed by atoms with Crippen LogP contribution in [0.4, 0.5) is 5.00 Å². The van der Waals surface area contributed by atoms with Crippen LogP contribution in [0.3, 0.4) is 0 Å². The second-order valence-corrected chi connectivity index (χ2v) is 7.74. The summed E-state index contributed by atoms with van der Waals surface area (Å²) in [5.41, 5.74) is 9.25. The topological polar surface area (TPSA) is 72.2 Å². The predicted octanol–water partition coefficient (Wildman–Crippen LogP) is 3.46. The molecule has 1 atom stereocenters. The third-order valence-corrected chi connectivity index (χ3v) is 5.67. The van der Waals surface area contributed by atoms with E-state index in [1.165, 1.54) is 16.2 Å². The molecule has 1 aliphatic carbocycles. The third-order valence-electron chi connectivity index (χ3n) is 4.50. The van der Waals surface area contributed by atoms with Crippen LogP contribution in [0.5, 0.6) is 0 Å². The van der Waals surface area contributed by atoms with Crippen LogP contribution in [0.2, 0.25) is 0 Å². The van der Waals surface area contributed by atoms with Gasteiger partial charge in [-0.3, -0.25) is 9.59 Å². The number of fused-ring (bicyclic) bond motifs is 1. The number of thiophene rings is 1. The lowest BCUT2D eigenvalue weighted by Gasteiger charge is -2.18. The fourth-order valence-electron chi connectivity index (χ4n) is 3.16. The first-order valence-electron chi connectivity index (χ1n) is 8.23. The number of rotatable bonds is 4. The lowest BCUT2D eigenvalue weighted by molar-refractivity contribution is -0.115. The van der Waals surface area contributed by atoms with E-state index in [9.17, 15) is 9.59 Å². The standard InChI is InChI=1S/C19H22N2O2S/c1-11-3-6-13(7-4-11)10-16(22)21-19-17(18(20)23)14-8-5-12(2)9-15(14)24-19/h3-4,6-7,12H,5,8-10H2,1-2H3,(H2,20,23)(H,21,22)/t12-/m1/s1. The number of nitrogens with one attached hydrogen (secondary N) is 1. The molecule has 1 aliphatic rings. The highest BCUT2D eigenvalue weighted by Crippen LogP contribution is 2.39. The van der Waals surface area contributed by atoms with E-state index in [0.717, 1.165) is 36.0 Å². The molecule has 0 fully saturated rings.